The van der Waals surface area contributed by atoms with Gasteiger partial charge >= 0.3 is 0 Å². The first-order valence-electron chi connectivity index (χ1n) is 3.26. The lowest BCUT2D eigenvalue weighted by Crippen LogP contribution is -1.84. The van der Waals surface area contributed by atoms with E-state index < -0.39 is 11.1 Å². The molecular weight excluding hydrogens is 148 g/mol. The number of hydrogen-bond donors (Lipinski definition) is 0. The molecule has 1 atom stereocenters. The van der Waals surface area contributed by atoms with Crippen LogP contribution in [0, 0.1) is 11.2 Å². The smallest absolute Gasteiger partial charge is 0.236 e. The second kappa shape index (κ2) is 6.79. The van der Waals surface area contributed by atoms with Crippen LogP contribution in [0.1, 0.15) is 26.2 Å². The second-order valence-corrected chi connectivity index (χ2v) is 2.79. The van der Waals surface area contributed by atoms with Gasteiger partial charge in [0.25, 0.3) is 0 Å². The van der Waals surface area contributed by atoms with Gasteiger partial charge in [0.05, 0.1) is 7.11 Å². The van der Waals surface area contributed by atoms with Gasteiger partial charge in [0.2, 0.25) is 11.1 Å². The number of rotatable bonds is 3. The molecule has 0 aliphatic carbocycles. The molecule has 0 fully saturated rings. The normalized spacial score (nSPS) is 11.8. The van der Waals surface area contributed by atoms with Gasteiger partial charge in [-0.2, -0.15) is 0 Å². The molecular formula is C7H12O2S. The predicted molar refractivity (Wildman–Crippen MR) is 42.5 cm³/mol. The summed E-state index contributed by atoms with van der Waals surface area (Å²) in [6.45, 7) is 2.09. The minimum absolute atomic E-state index is 0.811. The van der Waals surface area contributed by atoms with Crippen molar-refractivity contribution in [2.45, 2.75) is 26.2 Å². The van der Waals surface area contributed by atoms with Gasteiger partial charge in [-0.1, -0.05) is 19.3 Å². The van der Waals surface area contributed by atoms with Crippen molar-refractivity contribution >= 4 is 11.1 Å². The molecule has 2 nitrogen and oxygen atoms in total. The highest BCUT2D eigenvalue weighted by molar-refractivity contribution is 7.85. The van der Waals surface area contributed by atoms with E-state index in [1.807, 2.05) is 0 Å². The van der Waals surface area contributed by atoms with Crippen LogP contribution in [0.3, 0.4) is 0 Å². The minimum atomic E-state index is -1.39. The van der Waals surface area contributed by atoms with E-state index in [0.717, 1.165) is 19.3 Å². The van der Waals surface area contributed by atoms with E-state index >= 15 is 0 Å². The Morgan fingerprint density at radius 3 is 2.80 bits per heavy atom. The molecule has 3 heteroatoms. The van der Waals surface area contributed by atoms with E-state index in [-0.39, 0.29) is 0 Å². The Labute approximate surface area is 64.6 Å². The van der Waals surface area contributed by atoms with Gasteiger partial charge in [0, 0.05) is 11.7 Å². The first-order chi connectivity index (χ1) is 4.81. The molecule has 0 aliphatic heterocycles. The average Bonchev–Trinajstić information content (AvgIpc) is 1.98. The summed E-state index contributed by atoms with van der Waals surface area (Å²) >= 11 is -1.39. The van der Waals surface area contributed by atoms with E-state index in [0.29, 0.717) is 0 Å². The summed E-state index contributed by atoms with van der Waals surface area (Å²) in [7, 11) is 1.38. The van der Waals surface area contributed by atoms with Crippen LogP contribution in [0.4, 0.5) is 0 Å². The lowest BCUT2D eigenvalue weighted by Gasteiger charge is -1.84. The fraction of sp³-hybridized carbons (Fsp3) is 0.714. The summed E-state index contributed by atoms with van der Waals surface area (Å²) in [6, 6.07) is 0. The van der Waals surface area contributed by atoms with Crippen molar-refractivity contribution in [2.75, 3.05) is 7.11 Å². The molecule has 1 unspecified atom stereocenters. The molecule has 0 aromatic rings. The Morgan fingerprint density at radius 1 is 1.60 bits per heavy atom. The maximum Gasteiger partial charge on any atom is 0.236 e. The molecule has 0 bridgehead atoms. The molecule has 0 amide bonds. The van der Waals surface area contributed by atoms with E-state index in [9.17, 15) is 4.21 Å². The first kappa shape index (κ1) is 9.67. The van der Waals surface area contributed by atoms with Crippen LogP contribution in [-0.2, 0) is 15.3 Å². The largest absolute Gasteiger partial charge is 0.284 e. The quantitative estimate of drug-likeness (QED) is 0.461. The topological polar surface area (TPSA) is 26.3 Å². The Morgan fingerprint density at radius 2 is 2.30 bits per heavy atom. The SMILES string of the molecule is CCCCC#CS(=O)OC. The summed E-state index contributed by atoms with van der Waals surface area (Å²) < 4.78 is 14.9. The zero-order valence-corrected chi connectivity index (χ0v) is 7.16. The molecule has 0 aromatic carbocycles. The third-order valence-corrected chi connectivity index (χ3v) is 1.58. The van der Waals surface area contributed by atoms with E-state index in [4.69, 9.17) is 0 Å². The van der Waals surface area contributed by atoms with Gasteiger partial charge in [0.1, 0.15) is 0 Å². The molecule has 0 aromatic heterocycles. The van der Waals surface area contributed by atoms with Gasteiger partial charge < -0.3 is 0 Å². The number of unbranched alkanes of at least 4 members (excludes halogenated alkanes) is 2. The van der Waals surface area contributed by atoms with Crippen molar-refractivity contribution in [2.24, 2.45) is 0 Å². The summed E-state index contributed by atoms with van der Waals surface area (Å²) in [5.41, 5.74) is 0. The van der Waals surface area contributed by atoms with Crippen molar-refractivity contribution < 1.29 is 8.39 Å². The zero-order valence-electron chi connectivity index (χ0n) is 6.35. The van der Waals surface area contributed by atoms with Crippen molar-refractivity contribution in [3.05, 3.63) is 0 Å². The van der Waals surface area contributed by atoms with Crippen molar-refractivity contribution in [1.82, 2.24) is 0 Å². The average molecular weight is 160 g/mol. The molecule has 10 heavy (non-hydrogen) atoms. The summed E-state index contributed by atoms with van der Waals surface area (Å²) in [5.74, 6) is 2.76. The summed E-state index contributed by atoms with van der Waals surface area (Å²) in [6.07, 6.45) is 2.99. The van der Waals surface area contributed by atoms with Gasteiger partial charge in [-0.05, 0) is 6.42 Å². The third-order valence-electron chi connectivity index (χ3n) is 0.962. The van der Waals surface area contributed by atoms with E-state index in [1.54, 1.807) is 0 Å². The monoisotopic (exact) mass is 160 g/mol. The Balaban J connectivity index is 3.39. The van der Waals surface area contributed by atoms with Gasteiger partial charge in [-0.15, -0.1) is 0 Å². The van der Waals surface area contributed by atoms with Crippen LogP contribution in [-0.4, -0.2) is 11.3 Å². The molecule has 0 saturated carbocycles. The highest BCUT2D eigenvalue weighted by atomic mass is 32.2. The van der Waals surface area contributed by atoms with Crippen molar-refractivity contribution in [3.8, 4) is 11.2 Å². The summed E-state index contributed by atoms with van der Waals surface area (Å²) in [5, 5.41) is 2.47. The molecule has 58 valence electrons. The molecule has 0 aliphatic rings. The number of hydrogen-bond acceptors (Lipinski definition) is 2. The molecule has 0 spiro atoms. The Bertz CT molecular complexity index is 155. The van der Waals surface area contributed by atoms with Crippen LogP contribution >= 0.6 is 0 Å². The van der Waals surface area contributed by atoms with E-state index in [2.05, 4.69) is 22.3 Å². The lowest BCUT2D eigenvalue weighted by molar-refractivity contribution is 0.453. The van der Waals surface area contributed by atoms with Gasteiger partial charge in [-0.25, -0.2) is 4.21 Å². The molecule has 0 N–H and O–H groups in total. The third kappa shape index (κ3) is 5.80. The fourth-order valence-corrected chi connectivity index (χ4v) is 0.720. The van der Waals surface area contributed by atoms with Gasteiger partial charge in [0.15, 0.2) is 0 Å². The molecule has 0 rings (SSSR count). The fourth-order valence-electron chi connectivity index (χ4n) is 0.417. The summed E-state index contributed by atoms with van der Waals surface area (Å²) in [4.78, 5) is 0. The van der Waals surface area contributed by atoms with Crippen molar-refractivity contribution in [3.63, 3.8) is 0 Å². The Kier molecular flexibility index (Phi) is 6.56. The standard InChI is InChI=1S/C7H12O2S/c1-3-4-5-6-7-10(8)9-2/h3-5H2,1-2H3. The first-order valence-corrected chi connectivity index (χ1v) is 4.33. The zero-order chi connectivity index (χ0) is 7.82. The highest BCUT2D eigenvalue weighted by Crippen LogP contribution is 1.90. The van der Waals surface area contributed by atoms with Crippen molar-refractivity contribution in [1.29, 1.82) is 0 Å². The van der Waals surface area contributed by atoms with Crippen LogP contribution in [0.15, 0.2) is 0 Å². The minimum Gasteiger partial charge on any atom is -0.284 e. The van der Waals surface area contributed by atoms with Gasteiger partial charge in [-0.3, -0.25) is 4.18 Å². The molecule has 0 saturated heterocycles. The predicted octanol–water partition coefficient (Wildman–Crippen LogP) is 1.45. The van der Waals surface area contributed by atoms with Crippen LogP contribution < -0.4 is 0 Å². The van der Waals surface area contributed by atoms with Crippen LogP contribution in [0.25, 0.3) is 0 Å². The maximum atomic E-state index is 10.5. The highest BCUT2D eigenvalue weighted by Gasteiger charge is 1.84. The Hall–Kier alpha value is -0.330. The van der Waals surface area contributed by atoms with Crippen LogP contribution in [0.2, 0.25) is 0 Å². The molecule has 0 radical (unpaired) electrons. The second-order valence-electron chi connectivity index (χ2n) is 1.78. The molecule has 0 heterocycles. The maximum absolute atomic E-state index is 10.5. The van der Waals surface area contributed by atoms with Crippen LogP contribution in [0.5, 0.6) is 0 Å². The van der Waals surface area contributed by atoms with E-state index in [1.165, 1.54) is 7.11 Å². The lowest BCUT2D eigenvalue weighted by atomic mass is 10.3.